The molecule has 0 aromatic heterocycles. The van der Waals surface area contributed by atoms with E-state index in [1.165, 1.54) is 4.90 Å². The van der Waals surface area contributed by atoms with Gasteiger partial charge in [0, 0.05) is 10.7 Å². The Kier molecular flexibility index (Phi) is 3.69. The highest BCUT2D eigenvalue weighted by molar-refractivity contribution is 7.80. The van der Waals surface area contributed by atoms with Crippen molar-refractivity contribution in [3.8, 4) is 0 Å². The fourth-order valence-corrected chi connectivity index (χ4v) is 2.63. The summed E-state index contributed by atoms with van der Waals surface area (Å²) >= 11 is 11.1. The summed E-state index contributed by atoms with van der Waals surface area (Å²) in [7, 11) is 0. The van der Waals surface area contributed by atoms with E-state index in [9.17, 15) is 4.79 Å². The molecule has 1 aliphatic heterocycles. The molecule has 1 fully saturated rings. The summed E-state index contributed by atoms with van der Waals surface area (Å²) in [5, 5.41) is 7.06. The molecular formula is C13H16ClN3OS. The minimum atomic E-state index is -0.228. The summed E-state index contributed by atoms with van der Waals surface area (Å²) in [5.41, 5.74) is 1.46. The molecule has 2 rings (SSSR count). The number of anilines is 1. The standard InChI is InChI=1S/C13H16ClN3OS/c1-8-6-9(14)4-5-10(8)15-11(18)17-7-13(2,3)16-12(17)19/h4-6H,7H2,1-3H3,(H,15,18)(H,16,19). The summed E-state index contributed by atoms with van der Waals surface area (Å²) in [5.74, 6) is 0. The Morgan fingerprint density at radius 1 is 1.53 bits per heavy atom. The molecule has 19 heavy (non-hydrogen) atoms. The lowest BCUT2D eigenvalue weighted by molar-refractivity contribution is 0.233. The van der Waals surface area contributed by atoms with Crippen molar-refractivity contribution in [1.29, 1.82) is 0 Å². The normalized spacial score (nSPS) is 17.3. The third-order valence-corrected chi connectivity index (χ3v) is 3.48. The van der Waals surface area contributed by atoms with Gasteiger partial charge >= 0.3 is 6.03 Å². The van der Waals surface area contributed by atoms with Crippen LogP contribution in [0.5, 0.6) is 0 Å². The van der Waals surface area contributed by atoms with Gasteiger partial charge < -0.3 is 10.6 Å². The molecule has 0 spiro atoms. The Morgan fingerprint density at radius 2 is 2.21 bits per heavy atom. The van der Waals surface area contributed by atoms with Gasteiger partial charge in [0.2, 0.25) is 0 Å². The molecule has 1 heterocycles. The maximum Gasteiger partial charge on any atom is 0.328 e. The number of halogens is 1. The third-order valence-electron chi connectivity index (χ3n) is 2.92. The number of urea groups is 1. The van der Waals surface area contributed by atoms with Gasteiger partial charge in [0.15, 0.2) is 5.11 Å². The number of benzene rings is 1. The smallest absolute Gasteiger partial charge is 0.328 e. The van der Waals surface area contributed by atoms with E-state index in [1.807, 2.05) is 26.8 Å². The van der Waals surface area contributed by atoms with Crippen molar-refractivity contribution >= 4 is 40.6 Å². The van der Waals surface area contributed by atoms with Crippen LogP contribution in [0.1, 0.15) is 19.4 Å². The zero-order valence-corrected chi connectivity index (χ0v) is 12.7. The first-order valence-electron chi connectivity index (χ1n) is 5.95. The molecule has 0 unspecified atom stereocenters. The zero-order valence-electron chi connectivity index (χ0n) is 11.1. The molecule has 0 atom stereocenters. The van der Waals surface area contributed by atoms with Gasteiger partial charge in [-0.05, 0) is 56.8 Å². The zero-order chi connectivity index (χ0) is 14.2. The van der Waals surface area contributed by atoms with Crippen molar-refractivity contribution in [2.75, 3.05) is 11.9 Å². The molecule has 1 aliphatic rings. The topological polar surface area (TPSA) is 44.4 Å². The van der Waals surface area contributed by atoms with Crippen molar-refractivity contribution in [3.63, 3.8) is 0 Å². The van der Waals surface area contributed by atoms with Gasteiger partial charge in [-0.25, -0.2) is 4.79 Å². The lowest BCUT2D eigenvalue weighted by Crippen LogP contribution is -2.37. The van der Waals surface area contributed by atoms with Gasteiger partial charge in [0.1, 0.15) is 0 Å². The monoisotopic (exact) mass is 297 g/mol. The van der Waals surface area contributed by atoms with Crippen LogP contribution in [0, 0.1) is 6.92 Å². The maximum atomic E-state index is 12.2. The van der Waals surface area contributed by atoms with Crippen molar-refractivity contribution in [2.24, 2.45) is 0 Å². The molecule has 6 heteroatoms. The van der Waals surface area contributed by atoms with E-state index in [2.05, 4.69) is 10.6 Å². The first-order chi connectivity index (χ1) is 8.78. The van der Waals surface area contributed by atoms with Crippen LogP contribution in [-0.2, 0) is 0 Å². The second kappa shape index (κ2) is 4.98. The molecule has 1 aromatic carbocycles. The molecule has 0 aliphatic carbocycles. The van der Waals surface area contributed by atoms with Crippen LogP contribution < -0.4 is 10.6 Å². The first-order valence-corrected chi connectivity index (χ1v) is 6.74. The summed E-state index contributed by atoms with van der Waals surface area (Å²) in [6.07, 6.45) is 0. The number of aryl methyl sites for hydroxylation is 1. The van der Waals surface area contributed by atoms with Crippen molar-refractivity contribution < 1.29 is 4.79 Å². The SMILES string of the molecule is Cc1cc(Cl)ccc1NC(=O)N1CC(C)(C)NC1=S. The number of hydrogen-bond donors (Lipinski definition) is 2. The van der Waals surface area contributed by atoms with Crippen LogP contribution in [-0.4, -0.2) is 28.1 Å². The van der Waals surface area contributed by atoms with Crippen molar-refractivity contribution in [1.82, 2.24) is 10.2 Å². The predicted octanol–water partition coefficient (Wildman–Crippen LogP) is 3.15. The van der Waals surface area contributed by atoms with Gasteiger partial charge in [0.05, 0.1) is 12.1 Å². The van der Waals surface area contributed by atoms with Crippen LogP contribution in [0.2, 0.25) is 5.02 Å². The minimum absolute atomic E-state index is 0.191. The van der Waals surface area contributed by atoms with Gasteiger partial charge in [-0.15, -0.1) is 0 Å². The molecule has 0 radical (unpaired) electrons. The minimum Gasteiger partial charge on any atom is -0.355 e. The van der Waals surface area contributed by atoms with E-state index in [0.717, 1.165) is 11.3 Å². The van der Waals surface area contributed by atoms with Crippen LogP contribution in [0.4, 0.5) is 10.5 Å². The summed E-state index contributed by atoms with van der Waals surface area (Å²) in [6.45, 7) is 6.44. The second-order valence-corrected chi connectivity index (χ2v) is 6.11. The van der Waals surface area contributed by atoms with Gasteiger partial charge in [-0.1, -0.05) is 11.6 Å². The summed E-state index contributed by atoms with van der Waals surface area (Å²) in [6, 6.07) is 5.11. The molecule has 2 amide bonds. The number of nitrogens with one attached hydrogen (secondary N) is 2. The van der Waals surface area contributed by atoms with Crippen LogP contribution in [0.15, 0.2) is 18.2 Å². The number of hydrogen-bond acceptors (Lipinski definition) is 2. The highest BCUT2D eigenvalue weighted by Gasteiger charge is 2.35. The van der Waals surface area contributed by atoms with Gasteiger partial charge in [0.25, 0.3) is 0 Å². The van der Waals surface area contributed by atoms with E-state index < -0.39 is 0 Å². The molecule has 1 aromatic rings. The fourth-order valence-electron chi connectivity index (χ4n) is 1.98. The fraction of sp³-hybridized carbons (Fsp3) is 0.385. The molecule has 0 saturated carbocycles. The maximum absolute atomic E-state index is 12.2. The number of thiocarbonyl (C=S) groups is 1. The number of amides is 2. The lowest BCUT2D eigenvalue weighted by atomic mass is 10.1. The molecular weight excluding hydrogens is 282 g/mol. The van der Waals surface area contributed by atoms with E-state index in [1.54, 1.807) is 12.1 Å². The number of carbonyl (C=O) groups excluding carboxylic acids is 1. The highest BCUT2D eigenvalue weighted by atomic mass is 35.5. The van der Waals surface area contributed by atoms with Crippen LogP contribution >= 0.6 is 23.8 Å². The predicted molar refractivity (Wildman–Crippen MR) is 81.7 cm³/mol. The largest absolute Gasteiger partial charge is 0.355 e. The average Bonchev–Trinajstić information content (AvgIpc) is 2.56. The van der Waals surface area contributed by atoms with Crippen LogP contribution in [0.25, 0.3) is 0 Å². The van der Waals surface area contributed by atoms with Crippen LogP contribution in [0.3, 0.4) is 0 Å². The first kappa shape index (κ1) is 14.1. The van der Waals surface area contributed by atoms with Crippen molar-refractivity contribution in [2.45, 2.75) is 26.3 Å². The molecule has 4 nitrogen and oxygen atoms in total. The molecule has 102 valence electrons. The lowest BCUT2D eigenvalue weighted by Gasteiger charge is -2.18. The van der Waals surface area contributed by atoms with E-state index in [-0.39, 0.29) is 11.6 Å². The molecule has 1 saturated heterocycles. The Labute approximate surface area is 123 Å². The second-order valence-electron chi connectivity index (χ2n) is 5.29. The average molecular weight is 298 g/mol. The number of rotatable bonds is 1. The Hall–Kier alpha value is -1.33. The van der Waals surface area contributed by atoms with E-state index in [0.29, 0.717) is 16.7 Å². The quantitative estimate of drug-likeness (QED) is 0.783. The van der Waals surface area contributed by atoms with Crippen molar-refractivity contribution in [3.05, 3.63) is 28.8 Å². The summed E-state index contributed by atoms with van der Waals surface area (Å²) < 4.78 is 0. The molecule has 0 bridgehead atoms. The van der Waals surface area contributed by atoms with E-state index in [4.69, 9.17) is 23.8 Å². The highest BCUT2D eigenvalue weighted by Crippen LogP contribution is 2.21. The summed E-state index contributed by atoms with van der Waals surface area (Å²) in [4.78, 5) is 13.7. The Morgan fingerprint density at radius 3 is 2.74 bits per heavy atom. The number of carbonyl (C=O) groups is 1. The number of nitrogens with zero attached hydrogens (tertiary/aromatic N) is 1. The third kappa shape index (κ3) is 3.16. The Bertz CT molecular complexity index is 545. The van der Waals surface area contributed by atoms with E-state index >= 15 is 0 Å². The Balaban J connectivity index is 2.12. The van der Waals surface area contributed by atoms with Gasteiger partial charge in [-0.2, -0.15) is 0 Å². The van der Waals surface area contributed by atoms with Gasteiger partial charge in [-0.3, -0.25) is 4.90 Å². The molecule has 2 N–H and O–H groups in total.